The molecule has 0 fully saturated rings. The monoisotopic (exact) mass is 378 g/mol. The van der Waals surface area contributed by atoms with Gasteiger partial charge in [0, 0.05) is 12.0 Å². The largest absolute Gasteiger partial charge is 0.497 e. The summed E-state index contributed by atoms with van der Waals surface area (Å²) in [5.41, 5.74) is 2.95. The van der Waals surface area contributed by atoms with Gasteiger partial charge in [-0.15, -0.1) is 0 Å². The first-order valence-corrected chi connectivity index (χ1v) is 9.23. The number of rotatable bonds is 7. The van der Waals surface area contributed by atoms with Gasteiger partial charge in [0.1, 0.15) is 11.6 Å². The summed E-state index contributed by atoms with van der Waals surface area (Å²) < 4.78 is 25.1. The van der Waals surface area contributed by atoms with Crippen LogP contribution in [-0.2, 0) is 16.0 Å². The summed E-state index contributed by atoms with van der Waals surface area (Å²) in [6, 6.07) is 21.9. The smallest absolute Gasteiger partial charge is 0.313 e. The fraction of sp³-hybridized carbons (Fsp3) is 0.208. The van der Waals surface area contributed by atoms with Crippen LogP contribution < -0.4 is 4.74 Å². The van der Waals surface area contributed by atoms with Gasteiger partial charge in [0.25, 0.3) is 0 Å². The molecule has 0 amide bonds. The number of halogens is 1. The third-order valence-corrected chi connectivity index (χ3v) is 4.70. The fourth-order valence-corrected chi connectivity index (χ4v) is 3.01. The van der Waals surface area contributed by atoms with Gasteiger partial charge >= 0.3 is 5.97 Å². The van der Waals surface area contributed by atoms with E-state index in [1.54, 1.807) is 26.2 Å². The maximum absolute atomic E-state index is 14.5. The number of hydrogen-bond donors (Lipinski definition) is 0. The summed E-state index contributed by atoms with van der Waals surface area (Å²) in [5, 5.41) is 0. The van der Waals surface area contributed by atoms with Crippen LogP contribution in [0.5, 0.6) is 5.75 Å². The Labute approximate surface area is 164 Å². The fourth-order valence-electron chi connectivity index (χ4n) is 3.01. The first kappa shape index (κ1) is 19.6. The molecule has 0 saturated heterocycles. The highest BCUT2D eigenvalue weighted by molar-refractivity contribution is 5.78. The molecule has 0 saturated carbocycles. The SMILES string of the molecule is COc1cccc(CCOC(=O)[C@H](C)c2ccc(-c3ccccc3)c(F)c2)c1. The summed E-state index contributed by atoms with van der Waals surface area (Å²) in [6.07, 6.45) is 0.594. The molecule has 0 aliphatic carbocycles. The lowest BCUT2D eigenvalue weighted by molar-refractivity contribution is -0.144. The minimum Gasteiger partial charge on any atom is -0.497 e. The van der Waals surface area contributed by atoms with Crippen molar-refractivity contribution in [2.24, 2.45) is 0 Å². The van der Waals surface area contributed by atoms with Crippen molar-refractivity contribution in [2.45, 2.75) is 19.3 Å². The van der Waals surface area contributed by atoms with E-state index in [9.17, 15) is 9.18 Å². The van der Waals surface area contributed by atoms with Crippen LogP contribution >= 0.6 is 0 Å². The molecule has 0 spiro atoms. The molecule has 0 aliphatic rings. The van der Waals surface area contributed by atoms with Gasteiger partial charge in [-0.2, -0.15) is 0 Å². The highest BCUT2D eigenvalue weighted by Gasteiger charge is 2.18. The Hall–Kier alpha value is -3.14. The first-order chi connectivity index (χ1) is 13.6. The summed E-state index contributed by atoms with van der Waals surface area (Å²) in [5.74, 6) is -0.481. The molecule has 3 rings (SSSR count). The molecule has 0 N–H and O–H groups in total. The van der Waals surface area contributed by atoms with Crippen molar-refractivity contribution in [3.05, 3.63) is 89.7 Å². The Morgan fingerprint density at radius 1 is 1.00 bits per heavy atom. The Balaban J connectivity index is 1.60. The van der Waals surface area contributed by atoms with Crippen molar-refractivity contribution in [2.75, 3.05) is 13.7 Å². The number of methoxy groups -OCH3 is 1. The zero-order valence-electron chi connectivity index (χ0n) is 16.0. The van der Waals surface area contributed by atoms with Crippen molar-refractivity contribution >= 4 is 5.97 Å². The highest BCUT2D eigenvalue weighted by Crippen LogP contribution is 2.26. The minimum absolute atomic E-state index is 0.265. The van der Waals surface area contributed by atoms with Crippen LogP contribution in [0.15, 0.2) is 72.8 Å². The van der Waals surface area contributed by atoms with Gasteiger partial charge in [-0.05, 0) is 41.8 Å². The molecule has 144 valence electrons. The van der Waals surface area contributed by atoms with Crippen LogP contribution in [-0.4, -0.2) is 19.7 Å². The van der Waals surface area contributed by atoms with Crippen molar-refractivity contribution in [1.82, 2.24) is 0 Å². The predicted molar refractivity (Wildman–Crippen MR) is 108 cm³/mol. The predicted octanol–water partition coefficient (Wildman–Crippen LogP) is 5.39. The van der Waals surface area contributed by atoms with E-state index in [0.29, 0.717) is 17.5 Å². The Morgan fingerprint density at radius 3 is 2.50 bits per heavy atom. The van der Waals surface area contributed by atoms with Crippen LogP contribution in [0, 0.1) is 5.82 Å². The quantitative estimate of drug-likeness (QED) is 0.517. The van der Waals surface area contributed by atoms with Gasteiger partial charge < -0.3 is 9.47 Å². The molecule has 3 aromatic carbocycles. The van der Waals surface area contributed by atoms with Crippen molar-refractivity contribution in [3.63, 3.8) is 0 Å². The lowest BCUT2D eigenvalue weighted by atomic mass is 9.97. The molecule has 0 aliphatic heterocycles. The molecule has 1 atom stereocenters. The highest BCUT2D eigenvalue weighted by atomic mass is 19.1. The summed E-state index contributed by atoms with van der Waals surface area (Å²) in [7, 11) is 1.61. The molecule has 0 heterocycles. The number of carbonyl (C=O) groups excluding carboxylic acids is 1. The van der Waals surface area contributed by atoms with Crippen LogP contribution in [0.3, 0.4) is 0 Å². The zero-order chi connectivity index (χ0) is 19.9. The molecule has 3 nitrogen and oxygen atoms in total. The number of esters is 1. The third-order valence-electron chi connectivity index (χ3n) is 4.70. The van der Waals surface area contributed by atoms with E-state index in [0.717, 1.165) is 16.9 Å². The van der Waals surface area contributed by atoms with E-state index in [1.807, 2.05) is 54.6 Å². The lowest BCUT2D eigenvalue weighted by Gasteiger charge is -2.13. The second-order valence-corrected chi connectivity index (χ2v) is 6.60. The van der Waals surface area contributed by atoms with E-state index in [1.165, 1.54) is 6.07 Å². The van der Waals surface area contributed by atoms with Crippen molar-refractivity contribution < 1.29 is 18.7 Å². The topological polar surface area (TPSA) is 35.5 Å². The van der Waals surface area contributed by atoms with Crippen LogP contribution in [0.2, 0.25) is 0 Å². The normalized spacial score (nSPS) is 11.7. The van der Waals surface area contributed by atoms with Crippen LogP contribution in [0.4, 0.5) is 4.39 Å². The standard InChI is InChI=1S/C24H23FO3/c1-17(24(26)28-14-13-18-7-6-10-21(15-18)27-2)20-11-12-22(23(25)16-20)19-8-4-3-5-9-19/h3-12,15-17H,13-14H2,1-2H3/t17-/m1/s1. The van der Waals surface area contributed by atoms with E-state index in [4.69, 9.17) is 9.47 Å². The number of carbonyl (C=O) groups is 1. The summed E-state index contributed by atoms with van der Waals surface area (Å²) >= 11 is 0. The maximum atomic E-state index is 14.5. The molecule has 3 aromatic rings. The second-order valence-electron chi connectivity index (χ2n) is 6.60. The average molecular weight is 378 g/mol. The summed E-state index contributed by atoms with van der Waals surface area (Å²) in [6.45, 7) is 1.99. The van der Waals surface area contributed by atoms with Gasteiger partial charge in [-0.3, -0.25) is 4.79 Å². The molecule has 0 bridgehead atoms. The molecule has 0 unspecified atom stereocenters. The van der Waals surface area contributed by atoms with Gasteiger partial charge in [0.05, 0.1) is 19.6 Å². The van der Waals surface area contributed by atoms with Gasteiger partial charge in [-0.1, -0.05) is 54.6 Å². The van der Waals surface area contributed by atoms with Gasteiger partial charge in [0.15, 0.2) is 0 Å². The lowest BCUT2D eigenvalue weighted by Crippen LogP contribution is -2.15. The average Bonchev–Trinajstić information content (AvgIpc) is 2.73. The first-order valence-electron chi connectivity index (χ1n) is 9.23. The van der Waals surface area contributed by atoms with E-state index >= 15 is 0 Å². The minimum atomic E-state index is -0.537. The van der Waals surface area contributed by atoms with Crippen LogP contribution in [0.25, 0.3) is 11.1 Å². The molecular weight excluding hydrogens is 355 g/mol. The van der Waals surface area contributed by atoms with Gasteiger partial charge in [-0.25, -0.2) is 4.39 Å². The van der Waals surface area contributed by atoms with E-state index in [2.05, 4.69) is 0 Å². The van der Waals surface area contributed by atoms with Crippen molar-refractivity contribution in [3.8, 4) is 16.9 Å². The molecule has 28 heavy (non-hydrogen) atoms. The Kier molecular flexibility index (Phi) is 6.43. The number of ether oxygens (including phenoxy) is 2. The van der Waals surface area contributed by atoms with E-state index < -0.39 is 5.92 Å². The molecule has 0 aromatic heterocycles. The van der Waals surface area contributed by atoms with Crippen LogP contribution in [0.1, 0.15) is 24.0 Å². The summed E-state index contributed by atoms with van der Waals surface area (Å²) in [4.78, 5) is 12.4. The third kappa shape index (κ3) is 4.77. The molecular formula is C24H23FO3. The molecule has 0 radical (unpaired) electrons. The van der Waals surface area contributed by atoms with Crippen molar-refractivity contribution in [1.29, 1.82) is 0 Å². The zero-order valence-corrected chi connectivity index (χ0v) is 16.0. The van der Waals surface area contributed by atoms with Gasteiger partial charge in [0.2, 0.25) is 0 Å². The molecule has 4 heteroatoms. The van der Waals surface area contributed by atoms with E-state index in [-0.39, 0.29) is 18.4 Å². The maximum Gasteiger partial charge on any atom is 0.313 e. The second kappa shape index (κ2) is 9.18. The Morgan fingerprint density at radius 2 is 1.79 bits per heavy atom. The number of benzene rings is 3. The number of hydrogen-bond acceptors (Lipinski definition) is 3. The Bertz CT molecular complexity index is 938.